The molecule has 6 heteroatoms. The maximum absolute atomic E-state index is 11.9. The Labute approximate surface area is 106 Å². The van der Waals surface area contributed by atoms with E-state index in [-0.39, 0.29) is 24.3 Å². The zero-order valence-electron chi connectivity index (χ0n) is 10.7. The van der Waals surface area contributed by atoms with Crippen molar-refractivity contribution in [3.8, 4) is 0 Å². The Kier molecular flexibility index (Phi) is 3.68. The number of hydrogen-bond acceptors (Lipinski definition) is 5. The van der Waals surface area contributed by atoms with Crippen LogP contribution in [0.1, 0.15) is 18.9 Å². The smallest absolute Gasteiger partial charge is 0.349 e. The largest absolute Gasteiger partial charge is 0.396 e. The maximum atomic E-state index is 11.9. The Balaban J connectivity index is 2.27. The van der Waals surface area contributed by atoms with Gasteiger partial charge in [-0.1, -0.05) is 0 Å². The van der Waals surface area contributed by atoms with Gasteiger partial charge in [-0.25, -0.2) is 4.79 Å². The standard InChI is InChI=1S/C12H19N3O3/c1-14(2)11-3-4-15(12(18)13-11)9-5-8(7-16)6-10(9)17/h3-4,8-10,16-17H,5-7H2,1-2H3/t8-,9+,10+/m0/s1. The van der Waals surface area contributed by atoms with Crippen LogP contribution in [-0.4, -0.2) is 46.6 Å². The van der Waals surface area contributed by atoms with Gasteiger partial charge in [0.1, 0.15) is 5.82 Å². The van der Waals surface area contributed by atoms with E-state index in [1.807, 2.05) is 14.1 Å². The van der Waals surface area contributed by atoms with E-state index < -0.39 is 6.10 Å². The first-order valence-electron chi connectivity index (χ1n) is 6.08. The molecule has 0 bridgehead atoms. The molecule has 3 atom stereocenters. The summed E-state index contributed by atoms with van der Waals surface area (Å²) in [7, 11) is 3.64. The second-order valence-corrected chi connectivity index (χ2v) is 5.02. The average Bonchev–Trinajstić information content (AvgIpc) is 2.70. The first kappa shape index (κ1) is 13.0. The zero-order chi connectivity index (χ0) is 13.3. The van der Waals surface area contributed by atoms with Gasteiger partial charge in [0.25, 0.3) is 0 Å². The highest BCUT2D eigenvalue weighted by molar-refractivity contribution is 5.33. The van der Waals surface area contributed by atoms with Gasteiger partial charge in [0.15, 0.2) is 0 Å². The van der Waals surface area contributed by atoms with Gasteiger partial charge >= 0.3 is 5.69 Å². The summed E-state index contributed by atoms with van der Waals surface area (Å²) in [5, 5.41) is 19.1. The van der Waals surface area contributed by atoms with Gasteiger partial charge in [-0.3, -0.25) is 4.57 Å². The number of aliphatic hydroxyl groups excluding tert-OH is 2. The van der Waals surface area contributed by atoms with E-state index >= 15 is 0 Å². The van der Waals surface area contributed by atoms with E-state index in [9.17, 15) is 9.90 Å². The lowest BCUT2D eigenvalue weighted by Gasteiger charge is -2.18. The molecule has 1 aromatic rings. The number of aliphatic hydroxyl groups is 2. The van der Waals surface area contributed by atoms with Crippen LogP contribution in [0.25, 0.3) is 0 Å². The molecular formula is C12H19N3O3. The second-order valence-electron chi connectivity index (χ2n) is 5.02. The number of nitrogens with zero attached hydrogens (tertiary/aromatic N) is 3. The molecule has 2 rings (SSSR count). The fourth-order valence-electron chi connectivity index (χ4n) is 2.45. The molecule has 0 amide bonds. The molecule has 0 saturated heterocycles. The fraction of sp³-hybridized carbons (Fsp3) is 0.667. The molecule has 18 heavy (non-hydrogen) atoms. The minimum atomic E-state index is -0.591. The summed E-state index contributed by atoms with van der Waals surface area (Å²) in [6.07, 6.45) is 2.22. The van der Waals surface area contributed by atoms with Crippen molar-refractivity contribution >= 4 is 5.82 Å². The SMILES string of the molecule is CN(C)c1ccn([C@@H]2C[C@H](CO)C[C@H]2O)c(=O)n1. The van der Waals surface area contributed by atoms with Gasteiger partial charge < -0.3 is 15.1 Å². The van der Waals surface area contributed by atoms with Gasteiger partial charge in [0, 0.05) is 26.9 Å². The summed E-state index contributed by atoms with van der Waals surface area (Å²) in [5.74, 6) is 0.660. The van der Waals surface area contributed by atoms with Crippen molar-refractivity contribution < 1.29 is 10.2 Å². The summed E-state index contributed by atoms with van der Waals surface area (Å²) in [6.45, 7) is 0.0471. The van der Waals surface area contributed by atoms with Crippen molar-refractivity contribution in [2.24, 2.45) is 5.92 Å². The van der Waals surface area contributed by atoms with Crippen molar-refractivity contribution in [1.29, 1.82) is 0 Å². The van der Waals surface area contributed by atoms with Crippen LogP contribution in [-0.2, 0) is 0 Å². The summed E-state index contributed by atoms with van der Waals surface area (Å²) < 4.78 is 1.47. The molecule has 1 fully saturated rings. The quantitative estimate of drug-likeness (QED) is 0.767. The Bertz CT molecular complexity index is 472. The molecule has 0 spiro atoms. The molecule has 6 nitrogen and oxygen atoms in total. The average molecular weight is 253 g/mol. The van der Waals surface area contributed by atoms with Crippen LogP contribution in [0.2, 0.25) is 0 Å². The summed E-state index contributed by atoms with van der Waals surface area (Å²) in [6, 6.07) is 1.47. The minimum absolute atomic E-state index is 0.0471. The molecule has 0 unspecified atom stereocenters. The van der Waals surface area contributed by atoms with Gasteiger partial charge in [-0.05, 0) is 24.8 Å². The highest BCUT2D eigenvalue weighted by atomic mass is 16.3. The summed E-state index contributed by atoms with van der Waals surface area (Å²) in [4.78, 5) is 17.6. The highest BCUT2D eigenvalue weighted by Crippen LogP contribution is 2.33. The molecule has 1 aromatic heterocycles. The Morgan fingerprint density at radius 3 is 2.72 bits per heavy atom. The lowest BCUT2D eigenvalue weighted by molar-refractivity contribution is 0.129. The van der Waals surface area contributed by atoms with Crippen LogP contribution in [0, 0.1) is 5.92 Å². The van der Waals surface area contributed by atoms with Gasteiger partial charge in [0.05, 0.1) is 12.1 Å². The Morgan fingerprint density at radius 2 is 2.22 bits per heavy atom. The van der Waals surface area contributed by atoms with Gasteiger partial charge in [-0.15, -0.1) is 0 Å². The summed E-state index contributed by atoms with van der Waals surface area (Å²) in [5.41, 5.74) is -0.358. The van der Waals surface area contributed by atoms with Gasteiger partial charge in [-0.2, -0.15) is 4.98 Å². The molecule has 100 valence electrons. The number of anilines is 1. The number of aromatic nitrogens is 2. The molecular weight excluding hydrogens is 234 g/mol. The molecule has 1 heterocycles. The number of hydrogen-bond donors (Lipinski definition) is 2. The molecule has 0 aromatic carbocycles. The lowest BCUT2D eigenvalue weighted by atomic mass is 10.1. The fourth-order valence-corrected chi connectivity index (χ4v) is 2.45. The summed E-state index contributed by atoms with van der Waals surface area (Å²) >= 11 is 0. The van der Waals surface area contributed by atoms with Crippen molar-refractivity contribution in [2.75, 3.05) is 25.6 Å². The van der Waals surface area contributed by atoms with E-state index in [1.165, 1.54) is 4.57 Å². The third kappa shape index (κ3) is 2.39. The van der Waals surface area contributed by atoms with E-state index in [4.69, 9.17) is 5.11 Å². The van der Waals surface area contributed by atoms with Gasteiger partial charge in [0.2, 0.25) is 0 Å². The van der Waals surface area contributed by atoms with Crippen LogP contribution in [0.3, 0.4) is 0 Å². The van der Waals surface area contributed by atoms with Crippen LogP contribution in [0.15, 0.2) is 17.1 Å². The molecule has 1 saturated carbocycles. The van der Waals surface area contributed by atoms with Crippen LogP contribution < -0.4 is 10.6 Å². The first-order chi connectivity index (χ1) is 8.52. The van der Waals surface area contributed by atoms with Crippen LogP contribution >= 0.6 is 0 Å². The van der Waals surface area contributed by atoms with Crippen LogP contribution in [0.4, 0.5) is 5.82 Å². The van der Waals surface area contributed by atoms with Crippen molar-refractivity contribution in [2.45, 2.75) is 25.0 Å². The number of rotatable bonds is 3. The Morgan fingerprint density at radius 1 is 1.50 bits per heavy atom. The van der Waals surface area contributed by atoms with Crippen molar-refractivity contribution in [3.63, 3.8) is 0 Å². The molecule has 1 aliphatic carbocycles. The highest BCUT2D eigenvalue weighted by Gasteiger charge is 2.34. The lowest BCUT2D eigenvalue weighted by Crippen LogP contribution is -2.31. The van der Waals surface area contributed by atoms with E-state index in [0.29, 0.717) is 18.7 Å². The van der Waals surface area contributed by atoms with E-state index in [2.05, 4.69) is 4.98 Å². The maximum Gasteiger partial charge on any atom is 0.349 e. The normalized spacial score (nSPS) is 27.4. The van der Waals surface area contributed by atoms with Crippen LogP contribution in [0.5, 0.6) is 0 Å². The zero-order valence-corrected chi connectivity index (χ0v) is 10.7. The third-order valence-electron chi connectivity index (χ3n) is 3.48. The predicted molar refractivity (Wildman–Crippen MR) is 67.7 cm³/mol. The predicted octanol–water partition coefficient (Wildman–Crippen LogP) is -0.386. The second kappa shape index (κ2) is 5.07. The first-order valence-corrected chi connectivity index (χ1v) is 6.08. The van der Waals surface area contributed by atoms with Crippen molar-refractivity contribution in [1.82, 2.24) is 9.55 Å². The van der Waals surface area contributed by atoms with Crippen molar-refractivity contribution in [3.05, 3.63) is 22.7 Å². The topological polar surface area (TPSA) is 78.6 Å². The molecule has 1 aliphatic rings. The van der Waals surface area contributed by atoms with E-state index in [1.54, 1.807) is 17.2 Å². The monoisotopic (exact) mass is 253 g/mol. The third-order valence-corrected chi connectivity index (χ3v) is 3.48. The molecule has 2 N–H and O–H groups in total. The van der Waals surface area contributed by atoms with E-state index in [0.717, 1.165) is 0 Å². The molecule has 0 radical (unpaired) electrons. The molecule has 0 aliphatic heterocycles. The minimum Gasteiger partial charge on any atom is -0.396 e. The Hall–Kier alpha value is -1.40.